The summed E-state index contributed by atoms with van der Waals surface area (Å²) >= 11 is 1.78. The highest BCUT2D eigenvalue weighted by Gasteiger charge is 2.18. The standard InChI is InChI=1S/C12H10F2INO3/c1-2-18-10(17)5-7-3-4-9(15)11(8(7)6-16)19-12(13)14/h3-4,12H,2,5H2,1H3. The van der Waals surface area contributed by atoms with Crippen molar-refractivity contribution in [1.82, 2.24) is 0 Å². The second kappa shape index (κ2) is 7.23. The average Bonchev–Trinajstić information content (AvgIpc) is 2.33. The molecule has 102 valence electrons. The van der Waals surface area contributed by atoms with E-state index < -0.39 is 12.6 Å². The van der Waals surface area contributed by atoms with Gasteiger partial charge in [0.05, 0.1) is 22.2 Å². The molecular formula is C12H10F2INO3. The van der Waals surface area contributed by atoms with Crippen LogP contribution in [-0.2, 0) is 16.0 Å². The molecule has 0 aliphatic carbocycles. The Morgan fingerprint density at radius 3 is 2.74 bits per heavy atom. The molecule has 0 saturated heterocycles. The number of ether oxygens (including phenoxy) is 2. The molecule has 1 rings (SSSR count). The first-order chi connectivity index (χ1) is 8.99. The number of benzene rings is 1. The summed E-state index contributed by atoms with van der Waals surface area (Å²) in [4.78, 5) is 11.4. The van der Waals surface area contributed by atoms with Crippen molar-refractivity contribution in [3.63, 3.8) is 0 Å². The number of rotatable bonds is 5. The summed E-state index contributed by atoms with van der Waals surface area (Å²) in [5.74, 6) is -0.733. The number of carbonyl (C=O) groups is 1. The third kappa shape index (κ3) is 4.31. The number of halogens is 3. The maximum Gasteiger partial charge on any atom is 0.387 e. The third-order valence-corrected chi connectivity index (χ3v) is 3.00. The van der Waals surface area contributed by atoms with Crippen LogP contribution in [0.2, 0.25) is 0 Å². The molecule has 0 atom stereocenters. The van der Waals surface area contributed by atoms with Crippen molar-refractivity contribution in [1.29, 1.82) is 5.26 Å². The zero-order valence-electron chi connectivity index (χ0n) is 9.95. The van der Waals surface area contributed by atoms with Gasteiger partial charge in [-0.15, -0.1) is 0 Å². The van der Waals surface area contributed by atoms with Crippen LogP contribution in [0.4, 0.5) is 8.78 Å². The zero-order chi connectivity index (χ0) is 14.4. The lowest BCUT2D eigenvalue weighted by Crippen LogP contribution is -2.11. The molecule has 0 amide bonds. The van der Waals surface area contributed by atoms with Gasteiger partial charge in [0.15, 0.2) is 5.75 Å². The molecule has 0 N–H and O–H groups in total. The lowest BCUT2D eigenvalue weighted by atomic mass is 10.0. The molecule has 0 fully saturated rings. The average molecular weight is 381 g/mol. The van der Waals surface area contributed by atoms with E-state index in [1.165, 1.54) is 12.1 Å². The summed E-state index contributed by atoms with van der Waals surface area (Å²) in [6, 6.07) is 4.82. The lowest BCUT2D eigenvalue weighted by molar-refractivity contribution is -0.142. The number of nitriles is 1. The Hall–Kier alpha value is -1.43. The van der Waals surface area contributed by atoms with E-state index in [-0.39, 0.29) is 24.3 Å². The molecule has 0 unspecified atom stereocenters. The Kier molecular flexibility index (Phi) is 5.95. The van der Waals surface area contributed by atoms with Gasteiger partial charge in [0.1, 0.15) is 6.07 Å². The van der Waals surface area contributed by atoms with Crippen LogP contribution >= 0.6 is 22.6 Å². The number of hydrogen-bond donors (Lipinski definition) is 0. The van der Waals surface area contributed by atoms with Crippen LogP contribution in [0.15, 0.2) is 12.1 Å². The van der Waals surface area contributed by atoms with Gasteiger partial charge in [0, 0.05) is 0 Å². The predicted molar refractivity (Wildman–Crippen MR) is 70.8 cm³/mol. The first kappa shape index (κ1) is 15.6. The Balaban J connectivity index is 3.13. The molecule has 1 aromatic carbocycles. The molecule has 7 heteroatoms. The molecule has 0 spiro atoms. The van der Waals surface area contributed by atoms with Gasteiger partial charge in [-0.25, -0.2) is 0 Å². The molecule has 1 aromatic rings. The first-order valence-corrected chi connectivity index (χ1v) is 6.39. The molecule has 19 heavy (non-hydrogen) atoms. The van der Waals surface area contributed by atoms with Crippen LogP contribution in [0, 0.1) is 14.9 Å². The van der Waals surface area contributed by atoms with E-state index in [0.717, 1.165) is 0 Å². The van der Waals surface area contributed by atoms with E-state index in [9.17, 15) is 13.6 Å². The minimum atomic E-state index is -3.03. The van der Waals surface area contributed by atoms with Gasteiger partial charge < -0.3 is 9.47 Å². The summed E-state index contributed by atoms with van der Waals surface area (Å²) < 4.78 is 34.1. The third-order valence-electron chi connectivity index (χ3n) is 2.15. The van der Waals surface area contributed by atoms with Crippen LogP contribution < -0.4 is 4.74 Å². The second-order valence-corrected chi connectivity index (χ2v) is 4.54. The quantitative estimate of drug-likeness (QED) is 0.582. The van der Waals surface area contributed by atoms with Crippen LogP contribution in [0.3, 0.4) is 0 Å². The molecule has 0 bridgehead atoms. The maximum absolute atomic E-state index is 12.3. The molecule has 0 radical (unpaired) electrons. The van der Waals surface area contributed by atoms with Gasteiger partial charge in [-0.3, -0.25) is 4.79 Å². The highest BCUT2D eigenvalue weighted by atomic mass is 127. The second-order valence-electron chi connectivity index (χ2n) is 3.38. The smallest absolute Gasteiger partial charge is 0.387 e. The van der Waals surface area contributed by atoms with Crippen molar-refractivity contribution in [2.75, 3.05) is 6.61 Å². The summed E-state index contributed by atoms with van der Waals surface area (Å²) in [6.07, 6.45) is -0.159. The summed E-state index contributed by atoms with van der Waals surface area (Å²) in [7, 11) is 0. The van der Waals surface area contributed by atoms with Crippen molar-refractivity contribution in [3.05, 3.63) is 26.8 Å². The van der Waals surface area contributed by atoms with Crippen molar-refractivity contribution in [2.24, 2.45) is 0 Å². The van der Waals surface area contributed by atoms with E-state index in [4.69, 9.17) is 10.00 Å². The Morgan fingerprint density at radius 1 is 1.53 bits per heavy atom. The van der Waals surface area contributed by atoms with E-state index >= 15 is 0 Å². The van der Waals surface area contributed by atoms with E-state index in [1.807, 2.05) is 0 Å². The molecule has 0 aliphatic rings. The van der Waals surface area contributed by atoms with E-state index in [1.54, 1.807) is 35.6 Å². The zero-order valence-corrected chi connectivity index (χ0v) is 12.1. The summed E-state index contributed by atoms with van der Waals surface area (Å²) in [6.45, 7) is -1.16. The Bertz CT molecular complexity index is 514. The van der Waals surface area contributed by atoms with Crippen LogP contribution in [0.25, 0.3) is 0 Å². The van der Waals surface area contributed by atoms with Crippen LogP contribution in [0.1, 0.15) is 18.1 Å². The topological polar surface area (TPSA) is 59.3 Å². The fourth-order valence-corrected chi connectivity index (χ4v) is 2.02. The van der Waals surface area contributed by atoms with Crippen LogP contribution in [0.5, 0.6) is 5.75 Å². The van der Waals surface area contributed by atoms with Gasteiger partial charge in [0.2, 0.25) is 0 Å². The number of alkyl halides is 2. The Labute approximate surface area is 122 Å². The number of carbonyl (C=O) groups excluding carboxylic acids is 1. The van der Waals surface area contributed by atoms with E-state index in [2.05, 4.69) is 4.74 Å². The molecule has 0 aliphatic heterocycles. The number of nitrogens with zero attached hydrogens (tertiary/aromatic N) is 1. The predicted octanol–water partition coefficient (Wildman–Crippen LogP) is 2.87. The summed E-state index contributed by atoms with van der Waals surface area (Å²) in [5, 5.41) is 9.05. The monoisotopic (exact) mass is 381 g/mol. The highest BCUT2D eigenvalue weighted by molar-refractivity contribution is 14.1. The van der Waals surface area contributed by atoms with E-state index in [0.29, 0.717) is 9.13 Å². The maximum atomic E-state index is 12.3. The van der Waals surface area contributed by atoms with Gasteiger partial charge in [-0.2, -0.15) is 14.0 Å². The minimum absolute atomic E-state index is 0.0692. The highest BCUT2D eigenvalue weighted by Crippen LogP contribution is 2.30. The number of hydrogen-bond acceptors (Lipinski definition) is 4. The molecule has 4 nitrogen and oxygen atoms in total. The first-order valence-electron chi connectivity index (χ1n) is 5.31. The van der Waals surface area contributed by atoms with Crippen molar-refractivity contribution >= 4 is 28.6 Å². The van der Waals surface area contributed by atoms with Crippen molar-refractivity contribution < 1.29 is 23.0 Å². The SMILES string of the molecule is CCOC(=O)Cc1ccc(I)c(OC(F)F)c1C#N. The molecular weight excluding hydrogens is 371 g/mol. The lowest BCUT2D eigenvalue weighted by Gasteiger charge is -2.12. The van der Waals surface area contributed by atoms with Crippen LogP contribution in [-0.4, -0.2) is 19.2 Å². The molecule has 0 aromatic heterocycles. The Morgan fingerprint density at radius 2 is 2.21 bits per heavy atom. The van der Waals surface area contributed by atoms with Gasteiger partial charge in [-0.05, 0) is 41.1 Å². The van der Waals surface area contributed by atoms with Gasteiger partial charge in [-0.1, -0.05) is 6.07 Å². The largest absolute Gasteiger partial charge is 0.466 e. The van der Waals surface area contributed by atoms with Gasteiger partial charge in [0.25, 0.3) is 0 Å². The fraction of sp³-hybridized carbons (Fsp3) is 0.333. The molecule has 0 heterocycles. The van der Waals surface area contributed by atoms with Crippen molar-refractivity contribution in [2.45, 2.75) is 20.0 Å². The van der Waals surface area contributed by atoms with Crippen molar-refractivity contribution in [3.8, 4) is 11.8 Å². The summed E-state index contributed by atoms with van der Waals surface area (Å²) in [5.41, 5.74) is 0.234. The fourth-order valence-electron chi connectivity index (χ4n) is 1.44. The number of esters is 1. The molecule has 0 saturated carbocycles. The minimum Gasteiger partial charge on any atom is -0.466 e. The van der Waals surface area contributed by atoms with Gasteiger partial charge >= 0.3 is 12.6 Å². The normalized spacial score (nSPS) is 10.1.